The standard InChI is InChI=1S/C16H17FO3/c1-19-12-7-8-13(14(17)10-12)15(18)9-11-5-3-4-6-16(11)20-2/h3-8,10,15,18H,9H2,1-2H3. The van der Waals surface area contributed by atoms with Gasteiger partial charge in [0.15, 0.2) is 0 Å². The molecule has 3 nitrogen and oxygen atoms in total. The Hall–Kier alpha value is -2.07. The van der Waals surface area contributed by atoms with Gasteiger partial charge in [0, 0.05) is 18.1 Å². The van der Waals surface area contributed by atoms with Crippen molar-refractivity contribution < 1.29 is 19.0 Å². The van der Waals surface area contributed by atoms with Crippen LogP contribution in [0, 0.1) is 5.82 Å². The number of rotatable bonds is 5. The van der Waals surface area contributed by atoms with E-state index in [1.165, 1.54) is 19.2 Å². The van der Waals surface area contributed by atoms with Crippen LogP contribution in [0.1, 0.15) is 17.2 Å². The highest BCUT2D eigenvalue weighted by molar-refractivity contribution is 5.36. The summed E-state index contributed by atoms with van der Waals surface area (Å²) < 4.78 is 24.1. The van der Waals surface area contributed by atoms with Crippen LogP contribution in [0.3, 0.4) is 0 Å². The highest BCUT2D eigenvalue weighted by Crippen LogP contribution is 2.27. The fourth-order valence-electron chi connectivity index (χ4n) is 2.09. The van der Waals surface area contributed by atoms with Gasteiger partial charge in [-0.2, -0.15) is 0 Å². The maximum absolute atomic E-state index is 13.9. The molecule has 0 amide bonds. The zero-order valence-corrected chi connectivity index (χ0v) is 11.5. The fourth-order valence-corrected chi connectivity index (χ4v) is 2.09. The Morgan fingerprint density at radius 3 is 2.50 bits per heavy atom. The van der Waals surface area contributed by atoms with Crippen molar-refractivity contribution in [2.75, 3.05) is 14.2 Å². The first-order valence-corrected chi connectivity index (χ1v) is 6.29. The summed E-state index contributed by atoms with van der Waals surface area (Å²) in [6.45, 7) is 0. The Balaban J connectivity index is 2.21. The van der Waals surface area contributed by atoms with E-state index >= 15 is 0 Å². The second kappa shape index (κ2) is 6.39. The minimum Gasteiger partial charge on any atom is -0.497 e. The number of benzene rings is 2. The summed E-state index contributed by atoms with van der Waals surface area (Å²) in [7, 11) is 3.04. The van der Waals surface area contributed by atoms with Crippen molar-refractivity contribution in [2.24, 2.45) is 0 Å². The van der Waals surface area contributed by atoms with E-state index in [9.17, 15) is 9.50 Å². The fraction of sp³-hybridized carbons (Fsp3) is 0.250. The van der Waals surface area contributed by atoms with Crippen molar-refractivity contribution in [2.45, 2.75) is 12.5 Å². The molecule has 0 aliphatic rings. The van der Waals surface area contributed by atoms with Crippen LogP contribution < -0.4 is 9.47 Å². The molecule has 106 valence electrons. The van der Waals surface area contributed by atoms with E-state index in [1.54, 1.807) is 13.2 Å². The number of aliphatic hydroxyl groups is 1. The molecule has 0 aromatic heterocycles. The molecular formula is C16H17FO3. The van der Waals surface area contributed by atoms with Crippen LogP contribution in [0.5, 0.6) is 11.5 Å². The van der Waals surface area contributed by atoms with Crippen LogP contribution in [0.15, 0.2) is 42.5 Å². The Morgan fingerprint density at radius 2 is 1.85 bits per heavy atom. The van der Waals surface area contributed by atoms with Crippen molar-refractivity contribution in [3.8, 4) is 11.5 Å². The number of methoxy groups -OCH3 is 2. The SMILES string of the molecule is COc1ccc(C(O)Cc2ccccc2OC)c(F)c1. The van der Waals surface area contributed by atoms with Gasteiger partial charge in [-0.3, -0.25) is 0 Å². The third-order valence-electron chi connectivity index (χ3n) is 3.17. The molecule has 0 spiro atoms. The zero-order valence-electron chi connectivity index (χ0n) is 11.5. The second-order valence-corrected chi connectivity index (χ2v) is 4.42. The van der Waals surface area contributed by atoms with Crippen LogP contribution in [-0.4, -0.2) is 19.3 Å². The molecule has 0 radical (unpaired) electrons. The predicted molar refractivity (Wildman–Crippen MR) is 74.6 cm³/mol. The van der Waals surface area contributed by atoms with E-state index in [2.05, 4.69) is 0 Å². The average molecular weight is 276 g/mol. The molecule has 1 unspecified atom stereocenters. The van der Waals surface area contributed by atoms with Crippen molar-refractivity contribution in [3.05, 3.63) is 59.4 Å². The Labute approximate surface area is 117 Å². The van der Waals surface area contributed by atoms with E-state index in [-0.39, 0.29) is 12.0 Å². The van der Waals surface area contributed by atoms with Crippen molar-refractivity contribution in [1.29, 1.82) is 0 Å². The average Bonchev–Trinajstić information content (AvgIpc) is 2.47. The van der Waals surface area contributed by atoms with Gasteiger partial charge in [-0.15, -0.1) is 0 Å². The Morgan fingerprint density at radius 1 is 1.10 bits per heavy atom. The van der Waals surface area contributed by atoms with Gasteiger partial charge in [0.05, 0.1) is 20.3 Å². The number of hydrogen-bond donors (Lipinski definition) is 1. The van der Waals surface area contributed by atoms with Gasteiger partial charge in [-0.1, -0.05) is 18.2 Å². The molecule has 20 heavy (non-hydrogen) atoms. The van der Waals surface area contributed by atoms with Gasteiger partial charge in [0.2, 0.25) is 0 Å². The van der Waals surface area contributed by atoms with Gasteiger partial charge in [-0.05, 0) is 23.8 Å². The summed E-state index contributed by atoms with van der Waals surface area (Å²) >= 11 is 0. The minimum absolute atomic E-state index is 0.247. The summed E-state index contributed by atoms with van der Waals surface area (Å²) in [5.41, 5.74) is 1.08. The largest absolute Gasteiger partial charge is 0.497 e. The van der Waals surface area contributed by atoms with Gasteiger partial charge in [0.25, 0.3) is 0 Å². The predicted octanol–water partition coefficient (Wildman–Crippen LogP) is 3.12. The maximum Gasteiger partial charge on any atom is 0.132 e. The Kier molecular flexibility index (Phi) is 4.58. The molecule has 0 aliphatic heterocycles. The van der Waals surface area contributed by atoms with E-state index in [1.807, 2.05) is 24.3 Å². The molecule has 0 saturated carbocycles. The third kappa shape index (κ3) is 3.08. The summed E-state index contributed by atoms with van der Waals surface area (Å²) in [6.07, 6.45) is -0.648. The topological polar surface area (TPSA) is 38.7 Å². The van der Waals surface area contributed by atoms with E-state index < -0.39 is 11.9 Å². The van der Waals surface area contributed by atoms with Gasteiger partial charge in [-0.25, -0.2) is 4.39 Å². The molecule has 0 heterocycles. The molecule has 1 atom stereocenters. The number of hydrogen-bond acceptors (Lipinski definition) is 3. The molecule has 0 aliphatic carbocycles. The summed E-state index contributed by atoms with van der Waals surface area (Å²) in [4.78, 5) is 0. The molecule has 1 N–H and O–H groups in total. The highest BCUT2D eigenvalue weighted by atomic mass is 19.1. The first-order chi connectivity index (χ1) is 9.65. The molecule has 0 fully saturated rings. The zero-order chi connectivity index (χ0) is 14.5. The molecule has 2 rings (SSSR count). The van der Waals surface area contributed by atoms with Crippen molar-refractivity contribution in [3.63, 3.8) is 0 Å². The number of ether oxygens (including phenoxy) is 2. The van der Waals surface area contributed by atoms with E-state index in [4.69, 9.17) is 9.47 Å². The molecule has 0 bridgehead atoms. The molecule has 2 aromatic carbocycles. The maximum atomic E-state index is 13.9. The first-order valence-electron chi connectivity index (χ1n) is 6.29. The number of aliphatic hydroxyl groups excluding tert-OH is 1. The summed E-state index contributed by atoms with van der Waals surface area (Å²) in [5, 5.41) is 10.2. The van der Waals surface area contributed by atoms with E-state index in [0.29, 0.717) is 11.5 Å². The Bertz CT molecular complexity index is 584. The van der Waals surface area contributed by atoms with Crippen LogP contribution >= 0.6 is 0 Å². The lowest BCUT2D eigenvalue weighted by atomic mass is 10.00. The van der Waals surface area contributed by atoms with Crippen LogP contribution in [0.2, 0.25) is 0 Å². The second-order valence-electron chi connectivity index (χ2n) is 4.42. The third-order valence-corrected chi connectivity index (χ3v) is 3.17. The molecule has 2 aromatic rings. The minimum atomic E-state index is -0.933. The van der Waals surface area contributed by atoms with Gasteiger partial charge < -0.3 is 14.6 Å². The van der Waals surface area contributed by atoms with Crippen LogP contribution in [0.4, 0.5) is 4.39 Å². The van der Waals surface area contributed by atoms with Crippen molar-refractivity contribution in [1.82, 2.24) is 0 Å². The van der Waals surface area contributed by atoms with Crippen LogP contribution in [0.25, 0.3) is 0 Å². The summed E-state index contributed by atoms with van der Waals surface area (Å²) in [6, 6.07) is 11.8. The lowest BCUT2D eigenvalue weighted by Crippen LogP contribution is -2.05. The lowest BCUT2D eigenvalue weighted by molar-refractivity contribution is 0.172. The number of para-hydroxylation sites is 1. The molecule has 4 heteroatoms. The summed E-state index contributed by atoms with van der Waals surface area (Å²) in [5.74, 6) is 0.628. The number of halogens is 1. The quantitative estimate of drug-likeness (QED) is 0.912. The molecule has 0 saturated heterocycles. The monoisotopic (exact) mass is 276 g/mol. The van der Waals surface area contributed by atoms with Gasteiger partial charge in [0.1, 0.15) is 17.3 Å². The molecular weight excluding hydrogens is 259 g/mol. The van der Waals surface area contributed by atoms with Crippen LogP contribution in [-0.2, 0) is 6.42 Å². The smallest absolute Gasteiger partial charge is 0.132 e. The first kappa shape index (κ1) is 14.3. The normalized spacial score (nSPS) is 12.0. The highest BCUT2D eigenvalue weighted by Gasteiger charge is 2.16. The van der Waals surface area contributed by atoms with Crippen molar-refractivity contribution >= 4 is 0 Å². The lowest BCUT2D eigenvalue weighted by Gasteiger charge is -2.15. The van der Waals surface area contributed by atoms with Gasteiger partial charge >= 0.3 is 0 Å². The van der Waals surface area contributed by atoms with E-state index in [0.717, 1.165) is 5.56 Å².